The molecule has 0 aliphatic heterocycles. The number of hydrogen-bond acceptors (Lipinski definition) is 6. The molecule has 0 spiro atoms. The van der Waals surface area contributed by atoms with Gasteiger partial charge in [-0.15, -0.1) is 0 Å². The summed E-state index contributed by atoms with van der Waals surface area (Å²) in [5, 5.41) is 4.19. The number of allylic oxidation sites excluding steroid dienone is 1. The average molecular weight is 458 g/mol. The average Bonchev–Trinajstić information content (AvgIpc) is 2.96. The van der Waals surface area contributed by atoms with Crippen molar-refractivity contribution in [3.63, 3.8) is 0 Å². The quantitative estimate of drug-likeness (QED) is 0.216. The molecule has 7 heteroatoms. The molecule has 0 aliphatic carbocycles. The summed E-state index contributed by atoms with van der Waals surface area (Å²) in [5.74, 6) is 1.21. The molecule has 0 amide bonds. The maximum Gasteiger partial charge on any atom is 0.370 e. The van der Waals surface area contributed by atoms with E-state index in [1.807, 2.05) is 27.8 Å². The van der Waals surface area contributed by atoms with Gasteiger partial charge in [-0.3, -0.25) is 9.67 Å². The van der Waals surface area contributed by atoms with Crippen LogP contribution in [-0.4, -0.2) is 40.4 Å². The van der Waals surface area contributed by atoms with E-state index in [4.69, 9.17) is 9.47 Å². The third-order valence-electron chi connectivity index (χ3n) is 5.11. The molecular formula is C25H35N3O3S. The van der Waals surface area contributed by atoms with Crippen molar-refractivity contribution >= 4 is 34.6 Å². The first-order chi connectivity index (χ1) is 15.0. The molecule has 0 saturated carbocycles. The Bertz CT molecular complexity index is 999. The minimum Gasteiger partial charge on any atom is -0.452 e. The van der Waals surface area contributed by atoms with Crippen LogP contribution in [0.2, 0.25) is 0 Å². The van der Waals surface area contributed by atoms with E-state index in [1.165, 1.54) is 5.56 Å². The van der Waals surface area contributed by atoms with Gasteiger partial charge >= 0.3 is 5.30 Å². The van der Waals surface area contributed by atoms with Crippen LogP contribution in [0.4, 0.5) is 4.79 Å². The number of benzene rings is 1. The number of carbonyl (C=O) groups excluding carboxylic acids is 1. The molecule has 0 aliphatic rings. The SMILES string of the molecule is CCSC(=O)OC(C)O/C(=C(/C=N\C)c1ccc(C(C)(C)C)cc1)c1c(C)c(C)nn1C. The molecule has 1 aromatic heterocycles. The fourth-order valence-corrected chi connectivity index (χ4v) is 3.79. The fourth-order valence-electron chi connectivity index (χ4n) is 3.35. The molecule has 1 atom stereocenters. The summed E-state index contributed by atoms with van der Waals surface area (Å²) < 4.78 is 13.5. The first-order valence-corrected chi connectivity index (χ1v) is 11.8. The van der Waals surface area contributed by atoms with E-state index >= 15 is 0 Å². The predicted octanol–water partition coefficient (Wildman–Crippen LogP) is 6.16. The number of rotatable bonds is 7. The first kappa shape index (κ1) is 25.7. The van der Waals surface area contributed by atoms with Crippen LogP contribution in [0.15, 0.2) is 29.3 Å². The van der Waals surface area contributed by atoms with Gasteiger partial charge in [0.2, 0.25) is 6.29 Å². The summed E-state index contributed by atoms with van der Waals surface area (Å²) in [4.78, 5) is 16.3. The third kappa shape index (κ3) is 6.25. The molecule has 174 valence electrons. The lowest BCUT2D eigenvalue weighted by Crippen LogP contribution is -2.17. The molecule has 1 heterocycles. The normalized spacial score (nSPS) is 13.8. The van der Waals surface area contributed by atoms with E-state index in [2.05, 4.69) is 55.1 Å². The Hall–Kier alpha value is -2.54. The fraction of sp³-hybridized carbons (Fsp3) is 0.480. The van der Waals surface area contributed by atoms with Crippen molar-refractivity contribution < 1.29 is 14.3 Å². The van der Waals surface area contributed by atoms with Gasteiger partial charge in [0.15, 0.2) is 5.76 Å². The Balaban J connectivity index is 2.65. The number of aryl methyl sites for hydroxylation is 2. The highest BCUT2D eigenvalue weighted by Gasteiger charge is 2.24. The maximum absolute atomic E-state index is 12.0. The smallest absolute Gasteiger partial charge is 0.370 e. The second-order valence-electron chi connectivity index (χ2n) is 8.63. The van der Waals surface area contributed by atoms with Crippen molar-refractivity contribution in [2.45, 2.75) is 60.2 Å². The zero-order chi connectivity index (χ0) is 24.1. The van der Waals surface area contributed by atoms with Gasteiger partial charge in [-0.2, -0.15) is 5.10 Å². The van der Waals surface area contributed by atoms with E-state index in [1.54, 1.807) is 24.9 Å². The van der Waals surface area contributed by atoms with Crippen molar-refractivity contribution in [1.29, 1.82) is 0 Å². The molecule has 0 bridgehead atoms. The van der Waals surface area contributed by atoms with Crippen LogP contribution < -0.4 is 0 Å². The van der Waals surface area contributed by atoms with Crippen molar-refractivity contribution in [2.24, 2.45) is 12.0 Å². The minimum absolute atomic E-state index is 0.0516. The molecule has 2 rings (SSSR count). The lowest BCUT2D eigenvalue weighted by molar-refractivity contribution is -0.0254. The van der Waals surface area contributed by atoms with Gasteiger partial charge in [0.25, 0.3) is 0 Å². The maximum atomic E-state index is 12.0. The minimum atomic E-state index is -0.778. The summed E-state index contributed by atoms with van der Waals surface area (Å²) in [6, 6.07) is 8.39. The van der Waals surface area contributed by atoms with Crippen molar-refractivity contribution in [3.05, 3.63) is 52.3 Å². The van der Waals surface area contributed by atoms with Gasteiger partial charge in [-0.05, 0) is 42.2 Å². The standard InChI is InChI=1S/C25H35N3O3S/c1-10-32-24(29)31-18(4)30-23(22-16(2)17(3)27-28(22)9)21(15-26-8)19-11-13-20(14-12-19)25(5,6)7/h11-15,18H,10H2,1-9H3/b23-21-,26-15-. The molecule has 6 nitrogen and oxygen atoms in total. The molecule has 0 saturated heterocycles. The molecule has 0 radical (unpaired) electrons. The van der Waals surface area contributed by atoms with E-state index < -0.39 is 6.29 Å². The van der Waals surface area contributed by atoms with Crippen molar-refractivity contribution in [1.82, 2.24) is 9.78 Å². The largest absolute Gasteiger partial charge is 0.452 e. The highest BCUT2D eigenvalue weighted by molar-refractivity contribution is 8.13. The summed E-state index contributed by atoms with van der Waals surface area (Å²) >= 11 is 1.11. The zero-order valence-electron chi connectivity index (χ0n) is 20.6. The Morgan fingerprint density at radius 3 is 2.31 bits per heavy atom. The van der Waals surface area contributed by atoms with Crippen LogP contribution in [0, 0.1) is 13.8 Å². The predicted molar refractivity (Wildman–Crippen MR) is 134 cm³/mol. The number of aromatic nitrogens is 2. The van der Waals surface area contributed by atoms with E-state index in [-0.39, 0.29) is 10.7 Å². The molecular weight excluding hydrogens is 422 g/mol. The molecule has 0 fully saturated rings. The first-order valence-electron chi connectivity index (χ1n) is 10.8. The number of carbonyl (C=O) groups is 1. The van der Waals surface area contributed by atoms with E-state index in [9.17, 15) is 4.79 Å². The number of nitrogens with zero attached hydrogens (tertiary/aromatic N) is 3. The van der Waals surface area contributed by atoms with Crippen LogP contribution >= 0.6 is 11.8 Å². The van der Waals surface area contributed by atoms with Crippen LogP contribution in [-0.2, 0) is 21.9 Å². The zero-order valence-corrected chi connectivity index (χ0v) is 21.5. The summed E-state index contributed by atoms with van der Waals surface area (Å²) in [5.41, 5.74) is 5.77. The monoisotopic (exact) mass is 457 g/mol. The van der Waals surface area contributed by atoms with Crippen LogP contribution in [0.1, 0.15) is 62.7 Å². The van der Waals surface area contributed by atoms with Gasteiger partial charge in [0, 0.05) is 44.1 Å². The van der Waals surface area contributed by atoms with Gasteiger partial charge in [0.05, 0.1) is 5.69 Å². The summed E-state index contributed by atoms with van der Waals surface area (Å²) in [6.07, 6.45) is 0.999. The highest BCUT2D eigenvalue weighted by Crippen LogP contribution is 2.32. The van der Waals surface area contributed by atoms with Gasteiger partial charge in [-0.25, -0.2) is 4.79 Å². The molecule has 32 heavy (non-hydrogen) atoms. The number of hydrogen-bond donors (Lipinski definition) is 0. The number of ether oxygens (including phenoxy) is 2. The van der Waals surface area contributed by atoms with Gasteiger partial charge in [-0.1, -0.05) is 52.0 Å². The van der Waals surface area contributed by atoms with Crippen molar-refractivity contribution in [3.8, 4) is 0 Å². The third-order valence-corrected chi connectivity index (χ3v) is 5.73. The van der Waals surface area contributed by atoms with Crippen LogP contribution in [0.3, 0.4) is 0 Å². The Morgan fingerprint density at radius 2 is 1.84 bits per heavy atom. The van der Waals surface area contributed by atoms with Gasteiger partial charge in [0.1, 0.15) is 5.69 Å². The lowest BCUT2D eigenvalue weighted by Gasteiger charge is -2.22. The second-order valence-corrected chi connectivity index (χ2v) is 9.83. The molecule has 2 aromatic rings. The van der Waals surface area contributed by atoms with E-state index in [0.717, 1.165) is 39.8 Å². The Morgan fingerprint density at radius 1 is 1.22 bits per heavy atom. The van der Waals surface area contributed by atoms with Crippen LogP contribution in [0.5, 0.6) is 0 Å². The highest BCUT2D eigenvalue weighted by atomic mass is 32.2. The topological polar surface area (TPSA) is 65.7 Å². The van der Waals surface area contributed by atoms with Crippen LogP contribution in [0.25, 0.3) is 11.3 Å². The summed E-state index contributed by atoms with van der Waals surface area (Å²) in [6.45, 7) is 14.2. The van der Waals surface area contributed by atoms with Gasteiger partial charge < -0.3 is 9.47 Å². The number of thioether (sulfide) groups is 1. The van der Waals surface area contributed by atoms with E-state index in [0.29, 0.717) is 11.5 Å². The molecule has 1 aromatic carbocycles. The second kappa shape index (κ2) is 10.9. The lowest BCUT2D eigenvalue weighted by atomic mass is 9.86. The van der Waals surface area contributed by atoms with Crippen molar-refractivity contribution in [2.75, 3.05) is 12.8 Å². The molecule has 1 unspecified atom stereocenters. The number of aliphatic imine (C=N–C) groups is 1. The Kier molecular flexibility index (Phi) is 8.73. The summed E-state index contributed by atoms with van der Waals surface area (Å²) in [7, 11) is 3.61. The molecule has 0 N–H and O–H groups in total. The Labute approximate surface area is 196 Å².